The lowest BCUT2D eigenvalue weighted by molar-refractivity contribution is -0.122. The van der Waals surface area contributed by atoms with E-state index in [1.165, 1.54) is 7.11 Å². The summed E-state index contributed by atoms with van der Waals surface area (Å²) in [6, 6.07) is 7.15. The minimum atomic E-state index is -0.350. The van der Waals surface area contributed by atoms with Crippen LogP contribution in [-0.4, -0.2) is 37.2 Å². The standard InChI is InChI=1S/C17H19N3O4/c1-11-8-14(19-24-11)17(22)18-13-6-5-12-4-3-7-20(15(12)9-13)16(21)10-23-2/h5-6,8-9H,3-4,7,10H2,1-2H3,(H,18,22). The lowest BCUT2D eigenvalue weighted by Crippen LogP contribution is -2.37. The summed E-state index contributed by atoms with van der Waals surface area (Å²) in [6.07, 6.45) is 1.81. The van der Waals surface area contributed by atoms with Gasteiger partial charge in [0, 0.05) is 31.1 Å². The Labute approximate surface area is 139 Å². The van der Waals surface area contributed by atoms with Gasteiger partial charge in [0.25, 0.3) is 11.8 Å². The molecule has 1 aromatic carbocycles. The third-order valence-electron chi connectivity index (χ3n) is 3.89. The maximum Gasteiger partial charge on any atom is 0.277 e. The Morgan fingerprint density at radius 1 is 1.38 bits per heavy atom. The first kappa shape index (κ1) is 16.2. The van der Waals surface area contributed by atoms with Gasteiger partial charge >= 0.3 is 0 Å². The molecule has 2 heterocycles. The fourth-order valence-corrected chi connectivity index (χ4v) is 2.78. The molecule has 0 aliphatic carbocycles. The zero-order valence-corrected chi connectivity index (χ0v) is 13.7. The molecule has 3 rings (SSSR count). The third-order valence-corrected chi connectivity index (χ3v) is 3.89. The highest BCUT2D eigenvalue weighted by atomic mass is 16.5. The number of nitrogens with one attached hydrogen (secondary N) is 1. The Morgan fingerprint density at radius 2 is 2.21 bits per heavy atom. The van der Waals surface area contributed by atoms with Crippen molar-refractivity contribution in [3.05, 3.63) is 41.3 Å². The zero-order chi connectivity index (χ0) is 17.1. The lowest BCUT2D eigenvalue weighted by Gasteiger charge is -2.29. The molecule has 0 saturated carbocycles. The highest BCUT2D eigenvalue weighted by Gasteiger charge is 2.23. The smallest absolute Gasteiger partial charge is 0.277 e. The molecule has 7 heteroatoms. The first-order chi connectivity index (χ1) is 11.6. The van der Waals surface area contributed by atoms with E-state index in [1.807, 2.05) is 18.2 Å². The number of hydrogen-bond donors (Lipinski definition) is 1. The summed E-state index contributed by atoms with van der Waals surface area (Å²) in [5.41, 5.74) is 2.73. The van der Waals surface area contributed by atoms with E-state index in [0.717, 1.165) is 24.1 Å². The largest absolute Gasteiger partial charge is 0.375 e. The molecular weight excluding hydrogens is 310 g/mol. The molecule has 0 fully saturated rings. The molecule has 1 aliphatic rings. The molecule has 0 saturated heterocycles. The van der Waals surface area contributed by atoms with Crippen LogP contribution < -0.4 is 10.2 Å². The second-order valence-electron chi connectivity index (χ2n) is 5.70. The number of fused-ring (bicyclic) bond motifs is 1. The van der Waals surface area contributed by atoms with Crippen molar-refractivity contribution >= 4 is 23.2 Å². The average Bonchev–Trinajstić information content (AvgIpc) is 3.01. The van der Waals surface area contributed by atoms with Crippen LogP contribution in [0.15, 0.2) is 28.8 Å². The van der Waals surface area contributed by atoms with Crippen molar-refractivity contribution in [2.75, 3.05) is 30.5 Å². The Morgan fingerprint density at radius 3 is 2.92 bits per heavy atom. The van der Waals surface area contributed by atoms with Crippen LogP contribution in [0, 0.1) is 6.92 Å². The van der Waals surface area contributed by atoms with Gasteiger partial charge in [-0.15, -0.1) is 0 Å². The number of hydrogen-bond acceptors (Lipinski definition) is 5. The number of amides is 2. The number of aryl methyl sites for hydroxylation is 2. The molecule has 1 aliphatic heterocycles. The lowest BCUT2D eigenvalue weighted by atomic mass is 10.0. The van der Waals surface area contributed by atoms with Crippen LogP contribution in [0.5, 0.6) is 0 Å². The van der Waals surface area contributed by atoms with E-state index in [9.17, 15) is 9.59 Å². The van der Waals surface area contributed by atoms with Crippen LogP contribution in [0.25, 0.3) is 0 Å². The number of rotatable bonds is 4. The van der Waals surface area contributed by atoms with Crippen LogP contribution in [0.3, 0.4) is 0 Å². The number of benzene rings is 1. The van der Waals surface area contributed by atoms with E-state index in [1.54, 1.807) is 17.9 Å². The minimum Gasteiger partial charge on any atom is -0.375 e. The van der Waals surface area contributed by atoms with E-state index in [2.05, 4.69) is 10.5 Å². The number of ether oxygens (including phenoxy) is 1. The number of anilines is 2. The highest BCUT2D eigenvalue weighted by molar-refractivity contribution is 6.03. The normalized spacial score (nSPS) is 13.5. The number of aromatic nitrogens is 1. The molecule has 0 atom stereocenters. The van der Waals surface area contributed by atoms with Gasteiger partial charge in [-0.3, -0.25) is 9.59 Å². The summed E-state index contributed by atoms with van der Waals surface area (Å²) in [4.78, 5) is 26.1. The fraction of sp³-hybridized carbons (Fsp3) is 0.353. The van der Waals surface area contributed by atoms with Crippen LogP contribution in [0.4, 0.5) is 11.4 Å². The summed E-state index contributed by atoms with van der Waals surface area (Å²) in [6.45, 7) is 2.41. The van der Waals surface area contributed by atoms with Crippen molar-refractivity contribution in [1.82, 2.24) is 5.16 Å². The first-order valence-corrected chi connectivity index (χ1v) is 7.75. The number of carbonyl (C=O) groups excluding carboxylic acids is 2. The van der Waals surface area contributed by atoms with Gasteiger partial charge in [-0.05, 0) is 37.5 Å². The second-order valence-corrected chi connectivity index (χ2v) is 5.70. The quantitative estimate of drug-likeness (QED) is 0.929. The predicted molar refractivity (Wildman–Crippen MR) is 88.2 cm³/mol. The van der Waals surface area contributed by atoms with Gasteiger partial charge in [-0.25, -0.2) is 0 Å². The maximum atomic E-state index is 12.2. The fourth-order valence-electron chi connectivity index (χ4n) is 2.78. The third kappa shape index (κ3) is 3.30. The molecule has 7 nitrogen and oxygen atoms in total. The molecule has 1 aromatic heterocycles. The van der Waals surface area contributed by atoms with Crippen molar-refractivity contribution in [2.24, 2.45) is 0 Å². The molecule has 2 aromatic rings. The average molecular weight is 329 g/mol. The molecule has 0 spiro atoms. The molecule has 126 valence electrons. The van der Waals surface area contributed by atoms with Gasteiger partial charge in [-0.1, -0.05) is 11.2 Å². The Balaban J connectivity index is 1.82. The summed E-state index contributed by atoms with van der Waals surface area (Å²) < 4.78 is 9.86. The monoisotopic (exact) mass is 329 g/mol. The Kier molecular flexibility index (Phi) is 4.61. The summed E-state index contributed by atoms with van der Waals surface area (Å²) in [5, 5.41) is 6.48. The van der Waals surface area contributed by atoms with Gasteiger partial charge < -0.3 is 19.5 Å². The molecule has 1 N–H and O–H groups in total. The van der Waals surface area contributed by atoms with Crippen LogP contribution >= 0.6 is 0 Å². The van der Waals surface area contributed by atoms with Crippen molar-refractivity contribution in [1.29, 1.82) is 0 Å². The number of methoxy groups -OCH3 is 1. The van der Waals surface area contributed by atoms with Crippen molar-refractivity contribution in [3.8, 4) is 0 Å². The van der Waals surface area contributed by atoms with E-state index >= 15 is 0 Å². The van der Waals surface area contributed by atoms with E-state index in [4.69, 9.17) is 9.26 Å². The second kappa shape index (κ2) is 6.84. The van der Waals surface area contributed by atoms with Crippen molar-refractivity contribution in [2.45, 2.75) is 19.8 Å². The highest BCUT2D eigenvalue weighted by Crippen LogP contribution is 2.30. The minimum absolute atomic E-state index is 0.0360. The topological polar surface area (TPSA) is 84.7 Å². The summed E-state index contributed by atoms with van der Waals surface area (Å²) >= 11 is 0. The van der Waals surface area contributed by atoms with Gasteiger partial charge in [0.15, 0.2) is 5.69 Å². The molecular formula is C17H19N3O4. The Hall–Kier alpha value is -2.67. The van der Waals surface area contributed by atoms with Gasteiger partial charge in [0.05, 0.1) is 0 Å². The molecule has 0 bridgehead atoms. The molecule has 24 heavy (non-hydrogen) atoms. The SMILES string of the molecule is COCC(=O)N1CCCc2ccc(NC(=O)c3cc(C)on3)cc21. The Bertz CT molecular complexity index is 769. The van der Waals surface area contributed by atoms with E-state index in [-0.39, 0.29) is 24.1 Å². The molecule has 2 amide bonds. The zero-order valence-electron chi connectivity index (χ0n) is 13.7. The number of carbonyl (C=O) groups is 2. The maximum absolute atomic E-state index is 12.2. The summed E-state index contributed by atoms with van der Waals surface area (Å²) in [5.74, 6) is 0.133. The van der Waals surface area contributed by atoms with Gasteiger partial charge in [-0.2, -0.15) is 0 Å². The van der Waals surface area contributed by atoms with Crippen molar-refractivity contribution < 1.29 is 18.8 Å². The van der Waals surface area contributed by atoms with Crippen molar-refractivity contribution in [3.63, 3.8) is 0 Å². The van der Waals surface area contributed by atoms with Crippen LogP contribution in [-0.2, 0) is 16.0 Å². The van der Waals surface area contributed by atoms with Crippen LogP contribution in [0.2, 0.25) is 0 Å². The van der Waals surface area contributed by atoms with Gasteiger partial charge in [0.2, 0.25) is 0 Å². The van der Waals surface area contributed by atoms with Crippen LogP contribution in [0.1, 0.15) is 28.2 Å². The van der Waals surface area contributed by atoms with E-state index in [0.29, 0.717) is 18.0 Å². The summed E-state index contributed by atoms with van der Waals surface area (Å²) in [7, 11) is 1.50. The molecule has 0 radical (unpaired) electrons. The number of nitrogens with zero attached hydrogens (tertiary/aromatic N) is 2. The van der Waals surface area contributed by atoms with E-state index < -0.39 is 0 Å². The van der Waals surface area contributed by atoms with Gasteiger partial charge in [0.1, 0.15) is 12.4 Å². The predicted octanol–water partition coefficient (Wildman–Crippen LogP) is 2.16. The molecule has 0 unspecified atom stereocenters. The first-order valence-electron chi connectivity index (χ1n) is 7.75.